The van der Waals surface area contributed by atoms with E-state index < -0.39 is 0 Å². The molecule has 0 amide bonds. The van der Waals surface area contributed by atoms with E-state index in [-0.39, 0.29) is 42.9 Å². The summed E-state index contributed by atoms with van der Waals surface area (Å²) in [5.41, 5.74) is 14.3. The Morgan fingerprint density at radius 2 is 1.82 bits per heavy atom. The standard InChI is InChI=1S/C24H27ClN6.2ClH/c1-15-5-11-21-20(13-15)23(28-18-3-2-4-19(14-18)29-24(26)27)31-22(30-21)12-8-16-6-9-17(25)10-7-16;;/h5-13,18-19H,2-4,14H2,1H3,(H4,26,27,29)(H,28,30,31);2*1H/t18-,19+;;/m1../s1. The number of rotatable bonds is 5. The third-order valence-corrected chi connectivity index (χ3v) is 5.73. The van der Waals surface area contributed by atoms with Crippen LogP contribution in [0.2, 0.25) is 5.02 Å². The molecule has 6 nitrogen and oxygen atoms in total. The number of guanidine groups is 1. The summed E-state index contributed by atoms with van der Waals surface area (Å²) in [6, 6.07) is 14.3. The molecule has 0 aliphatic heterocycles. The lowest BCUT2D eigenvalue weighted by Crippen LogP contribution is -2.32. The van der Waals surface area contributed by atoms with Gasteiger partial charge in [-0.2, -0.15) is 0 Å². The maximum atomic E-state index is 5.98. The van der Waals surface area contributed by atoms with Gasteiger partial charge in [0.25, 0.3) is 0 Å². The third-order valence-electron chi connectivity index (χ3n) is 5.48. The van der Waals surface area contributed by atoms with Crippen LogP contribution in [-0.4, -0.2) is 28.0 Å². The molecule has 0 radical (unpaired) electrons. The van der Waals surface area contributed by atoms with Gasteiger partial charge < -0.3 is 16.8 Å². The van der Waals surface area contributed by atoms with E-state index in [1.807, 2.05) is 42.5 Å². The third kappa shape index (κ3) is 7.22. The van der Waals surface area contributed by atoms with Gasteiger partial charge in [0.2, 0.25) is 0 Å². The number of nitrogens with two attached hydrogens (primary N) is 2. The molecule has 1 fully saturated rings. The zero-order chi connectivity index (χ0) is 21.8. The Labute approximate surface area is 211 Å². The average molecular weight is 508 g/mol. The zero-order valence-corrected chi connectivity index (χ0v) is 20.8. The monoisotopic (exact) mass is 506 g/mol. The number of aryl methyl sites for hydroxylation is 1. The van der Waals surface area contributed by atoms with Gasteiger partial charge >= 0.3 is 0 Å². The molecule has 1 aliphatic rings. The average Bonchev–Trinajstić information content (AvgIpc) is 2.73. The Balaban J connectivity index is 0.00000193. The highest BCUT2D eigenvalue weighted by Crippen LogP contribution is 2.28. The van der Waals surface area contributed by atoms with E-state index >= 15 is 0 Å². The van der Waals surface area contributed by atoms with Crippen LogP contribution in [0.3, 0.4) is 0 Å². The van der Waals surface area contributed by atoms with Crippen molar-refractivity contribution in [2.75, 3.05) is 5.32 Å². The van der Waals surface area contributed by atoms with Crippen LogP contribution in [0, 0.1) is 6.92 Å². The number of halogens is 3. The first-order valence-electron chi connectivity index (χ1n) is 10.5. The number of fused-ring (bicyclic) bond motifs is 1. The first-order valence-corrected chi connectivity index (χ1v) is 10.9. The number of benzene rings is 2. The Morgan fingerprint density at radius 1 is 1.06 bits per heavy atom. The molecule has 0 unspecified atom stereocenters. The van der Waals surface area contributed by atoms with Crippen molar-refractivity contribution in [3.63, 3.8) is 0 Å². The Kier molecular flexibility index (Phi) is 9.77. The molecule has 33 heavy (non-hydrogen) atoms. The zero-order valence-electron chi connectivity index (χ0n) is 18.4. The van der Waals surface area contributed by atoms with Gasteiger partial charge in [0, 0.05) is 16.5 Å². The molecule has 3 aromatic rings. The lowest BCUT2D eigenvalue weighted by molar-refractivity contribution is 0.410. The molecule has 5 N–H and O–H groups in total. The van der Waals surface area contributed by atoms with Gasteiger partial charge in [0.1, 0.15) is 5.82 Å². The molecular weight excluding hydrogens is 479 g/mol. The highest BCUT2D eigenvalue weighted by molar-refractivity contribution is 6.30. The summed E-state index contributed by atoms with van der Waals surface area (Å²) in [6.45, 7) is 2.08. The van der Waals surface area contributed by atoms with Crippen LogP contribution in [-0.2, 0) is 0 Å². The number of anilines is 1. The van der Waals surface area contributed by atoms with Crippen molar-refractivity contribution in [3.8, 4) is 0 Å². The van der Waals surface area contributed by atoms with Crippen molar-refractivity contribution in [1.29, 1.82) is 0 Å². The lowest BCUT2D eigenvalue weighted by Gasteiger charge is -2.28. The van der Waals surface area contributed by atoms with Crippen molar-refractivity contribution in [2.24, 2.45) is 16.5 Å². The lowest BCUT2D eigenvalue weighted by atomic mass is 9.91. The van der Waals surface area contributed by atoms with E-state index in [0.29, 0.717) is 10.8 Å². The normalized spacial score (nSPS) is 17.8. The summed E-state index contributed by atoms with van der Waals surface area (Å²) in [6.07, 6.45) is 7.94. The number of aliphatic imine (C=N–C) groups is 1. The second-order valence-corrected chi connectivity index (χ2v) is 8.49. The largest absolute Gasteiger partial charge is 0.370 e. The minimum atomic E-state index is 0. The summed E-state index contributed by atoms with van der Waals surface area (Å²) in [5, 5.41) is 5.38. The molecule has 2 aromatic carbocycles. The number of nitrogens with one attached hydrogen (secondary N) is 1. The first kappa shape index (κ1) is 26.7. The van der Waals surface area contributed by atoms with E-state index in [1.54, 1.807) is 0 Å². The quantitative estimate of drug-likeness (QED) is 0.308. The topological polar surface area (TPSA) is 102 Å². The molecule has 1 aromatic heterocycles. The van der Waals surface area contributed by atoms with Gasteiger partial charge in [-0.15, -0.1) is 24.8 Å². The Morgan fingerprint density at radius 3 is 2.55 bits per heavy atom. The molecule has 0 bridgehead atoms. The molecular formula is C24H29Cl3N6. The van der Waals surface area contributed by atoms with Gasteiger partial charge in [-0.25, -0.2) is 9.97 Å². The van der Waals surface area contributed by atoms with Crippen molar-refractivity contribution < 1.29 is 0 Å². The summed E-state index contributed by atoms with van der Waals surface area (Å²) in [5.74, 6) is 1.66. The predicted molar refractivity (Wildman–Crippen MR) is 145 cm³/mol. The van der Waals surface area contributed by atoms with Crippen LogP contribution in [0.4, 0.5) is 5.82 Å². The molecule has 9 heteroatoms. The van der Waals surface area contributed by atoms with Gasteiger partial charge in [-0.1, -0.05) is 41.4 Å². The van der Waals surface area contributed by atoms with Crippen molar-refractivity contribution in [1.82, 2.24) is 9.97 Å². The first-order chi connectivity index (χ1) is 15.0. The fraction of sp³-hybridized carbons (Fsp3) is 0.292. The smallest absolute Gasteiger partial charge is 0.186 e. The van der Waals surface area contributed by atoms with Crippen LogP contribution in [0.5, 0.6) is 0 Å². The maximum Gasteiger partial charge on any atom is 0.186 e. The minimum Gasteiger partial charge on any atom is -0.370 e. The number of aromatic nitrogens is 2. The molecule has 2 atom stereocenters. The van der Waals surface area contributed by atoms with Crippen molar-refractivity contribution >= 4 is 71.2 Å². The molecule has 1 heterocycles. The molecule has 0 spiro atoms. The van der Waals surface area contributed by atoms with Gasteiger partial charge in [-0.05, 0) is 68.5 Å². The molecule has 176 valence electrons. The minimum absolute atomic E-state index is 0. The number of hydrogen-bond donors (Lipinski definition) is 3. The number of hydrogen-bond acceptors (Lipinski definition) is 4. The van der Waals surface area contributed by atoms with Crippen LogP contribution >= 0.6 is 36.4 Å². The fourth-order valence-electron chi connectivity index (χ4n) is 4.01. The van der Waals surface area contributed by atoms with E-state index in [2.05, 4.69) is 29.4 Å². The molecule has 1 aliphatic carbocycles. The van der Waals surface area contributed by atoms with Crippen LogP contribution in [0.25, 0.3) is 23.1 Å². The van der Waals surface area contributed by atoms with Gasteiger partial charge in [0.05, 0.1) is 11.6 Å². The van der Waals surface area contributed by atoms with E-state index in [4.69, 9.17) is 33.0 Å². The SMILES string of the molecule is Cc1ccc2nc(C=Cc3ccc(Cl)cc3)nc(N[C@@H]3CCC[C@H](N=C(N)N)C3)c2c1.Cl.Cl. The predicted octanol–water partition coefficient (Wildman–Crippen LogP) is 5.60. The van der Waals surface area contributed by atoms with Gasteiger partial charge in [-0.3, -0.25) is 4.99 Å². The highest BCUT2D eigenvalue weighted by Gasteiger charge is 2.22. The summed E-state index contributed by atoms with van der Waals surface area (Å²) in [4.78, 5) is 13.9. The van der Waals surface area contributed by atoms with Crippen molar-refractivity contribution in [2.45, 2.75) is 44.7 Å². The maximum absolute atomic E-state index is 5.98. The van der Waals surface area contributed by atoms with Crippen LogP contribution in [0.15, 0.2) is 47.5 Å². The number of nitrogens with zero attached hydrogens (tertiary/aromatic N) is 3. The van der Waals surface area contributed by atoms with E-state index in [0.717, 1.165) is 48.0 Å². The Bertz CT molecular complexity index is 1130. The van der Waals surface area contributed by atoms with Gasteiger partial charge in [0.15, 0.2) is 11.8 Å². The summed E-state index contributed by atoms with van der Waals surface area (Å²) >= 11 is 5.98. The fourth-order valence-corrected chi connectivity index (χ4v) is 4.13. The van der Waals surface area contributed by atoms with Crippen molar-refractivity contribution in [3.05, 3.63) is 64.4 Å². The van der Waals surface area contributed by atoms with Crippen LogP contribution in [0.1, 0.15) is 42.6 Å². The van der Waals surface area contributed by atoms with Crippen LogP contribution < -0.4 is 16.8 Å². The van der Waals surface area contributed by atoms with E-state index in [9.17, 15) is 0 Å². The molecule has 0 saturated heterocycles. The van der Waals surface area contributed by atoms with E-state index in [1.165, 1.54) is 5.56 Å². The second kappa shape index (κ2) is 12.1. The molecule has 1 saturated carbocycles. The molecule has 4 rings (SSSR count). The summed E-state index contributed by atoms with van der Waals surface area (Å²) < 4.78 is 0. The highest BCUT2D eigenvalue weighted by atomic mass is 35.5. The Hall–Kier alpha value is -2.54. The summed E-state index contributed by atoms with van der Waals surface area (Å²) in [7, 11) is 0. The second-order valence-electron chi connectivity index (χ2n) is 8.05.